The van der Waals surface area contributed by atoms with Crippen molar-refractivity contribution in [2.24, 2.45) is 0 Å². The van der Waals surface area contributed by atoms with E-state index in [1.54, 1.807) is 43.3 Å². The SMILES string of the molecule is COc1cc(Cl)c(CNC(=O)C(C)Oc2ccc(Cl)cc2)cc1OC. The smallest absolute Gasteiger partial charge is 0.261 e. The first-order valence-corrected chi connectivity index (χ1v) is 8.30. The van der Waals surface area contributed by atoms with E-state index in [9.17, 15) is 4.79 Å². The molecule has 1 atom stereocenters. The molecule has 2 aromatic carbocycles. The molecule has 2 rings (SSSR count). The van der Waals surface area contributed by atoms with E-state index in [1.165, 1.54) is 14.2 Å². The number of halogens is 2. The normalized spacial score (nSPS) is 11.6. The minimum atomic E-state index is -0.667. The molecule has 0 spiro atoms. The summed E-state index contributed by atoms with van der Waals surface area (Å²) in [5.41, 5.74) is 0.714. The third kappa shape index (κ3) is 5.18. The summed E-state index contributed by atoms with van der Waals surface area (Å²) in [6.45, 7) is 1.91. The van der Waals surface area contributed by atoms with Crippen LogP contribution in [-0.2, 0) is 11.3 Å². The molecule has 0 bridgehead atoms. The molecule has 25 heavy (non-hydrogen) atoms. The van der Waals surface area contributed by atoms with Gasteiger partial charge in [0.1, 0.15) is 5.75 Å². The van der Waals surface area contributed by atoms with E-state index < -0.39 is 6.10 Å². The zero-order valence-electron chi connectivity index (χ0n) is 14.1. The molecule has 7 heteroatoms. The van der Waals surface area contributed by atoms with Crippen molar-refractivity contribution >= 4 is 29.1 Å². The summed E-state index contributed by atoms with van der Waals surface area (Å²) < 4.78 is 16.0. The molecule has 0 aromatic heterocycles. The van der Waals surface area contributed by atoms with Crippen LogP contribution in [0.4, 0.5) is 0 Å². The molecule has 0 fully saturated rings. The summed E-state index contributed by atoms with van der Waals surface area (Å²) in [6.07, 6.45) is -0.667. The second-order valence-corrected chi connectivity index (χ2v) is 6.07. The zero-order chi connectivity index (χ0) is 18.4. The summed E-state index contributed by atoms with van der Waals surface area (Å²) >= 11 is 12.0. The Morgan fingerprint density at radius 1 is 1.08 bits per heavy atom. The molecule has 0 aliphatic carbocycles. The van der Waals surface area contributed by atoms with Gasteiger partial charge in [-0.25, -0.2) is 0 Å². The lowest BCUT2D eigenvalue weighted by Crippen LogP contribution is -2.35. The topological polar surface area (TPSA) is 56.8 Å². The van der Waals surface area contributed by atoms with Gasteiger partial charge in [0, 0.05) is 22.7 Å². The molecule has 0 saturated heterocycles. The Labute approximate surface area is 156 Å². The molecule has 0 aliphatic rings. The molecule has 2 aromatic rings. The Morgan fingerprint density at radius 3 is 2.28 bits per heavy atom. The highest BCUT2D eigenvalue weighted by atomic mass is 35.5. The largest absolute Gasteiger partial charge is 0.493 e. The molecular formula is C18H19Cl2NO4. The number of carbonyl (C=O) groups excluding carboxylic acids is 1. The number of nitrogens with one attached hydrogen (secondary N) is 1. The maximum absolute atomic E-state index is 12.2. The number of amides is 1. The molecule has 134 valence electrons. The van der Waals surface area contributed by atoms with Crippen LogP contribution in [0.5, 0.6) is 17.2 Å². The van der Waals surface area contributed by atoms with Gasteiger partial charge in [-0.05, 0) is 42.8 Å². The average Bonchev–Trinajstić information content (AvgIpc) is 2.61. The monoisotopic (exact) mass is 383 g/mol. The van der Waals surface area contributed by atoms with E-state index in [1.807, 2.05) is 0 Å². The molecule has 1 unspecified atom stereocenters. The van der Waals surface area contributed by atoms with E-state index in [0.29, 0.717) is 32.9 Å². The summed E-state index contributed by atoms with van der Waals surface area (Å²) in [7, 11) is 3.07. The molecule has 0 aliphatic heterocycles. The lowest BCUT2D eigenvalue weighted by molar-refractivity contribution is -0.127. The van der Waals surface area contributed by atoms with Gasteiger partial charge in [-0.15, -0.1) is 0 Å². The van der Waals surface area contributed by atoms with Crippen molar-refractivity contribution in [3.05, 3.63) is 52.0 Å². The van der Waals surface area contributed by atoms with Gasteiger partial charge < -0.3 is 19.5 Å². The van der Waals surface area contributed by atoms with Crippen LogP contribution in [0.1, 0.15) is 12.5 Å². The van der Waals surface area contributed by atoms with Crippen LogP contribution in [0.2, 0.25) is 10.0 Å². The van der Waals surface area contributed by atoms with Crippen LogP contribution in [0.3, 0.4) is 0 Å². The van der Waals surface area contributed by atoms with Crippen LogP contribution in [0.15, 0.2) is 36.4 Å². The molecule has 1 amide bonds. The predicted molar refractivity (Wildman–Crippen MR) is 97.9 cm³/mol. The van der Waals surface area contributed by atoms with Gasteiger partial charge in [0.25, 0.3) is 5.91 Å². The quantitative estimate of drug-likeness (QED) is 0.781. The first-order chi connectivity index (χ1) is 11.9. The minimum absolute atomic E-state index is 0.242. The summed E-state index contributed by atoms with van der Waals surface area (Å²) in [5.74, 6) is 1.38. The van der Waals surface area contributed by atoms with Crippen molar-refractivity contribution in [2.45, 2.75) is 19.6 Å². The van der Waals surface area contributed by atoms with Crippen molar-refractivity contribution < 1.29 is 19.0 Å². The highest BCUT2D eigenvalue weighted by molar-refractivity contribution is 6.31. The van der Waals surface area contributed by atoms with Gasteiger partial charge in [-0.2, -0.15) is 0 Å². The molecule has 5 nitrogen and oxygen atoms in total. The average molecular weight is 384 g/mol. The summed E-state index contributed by atoms with van der Waals surface area (Å²) in [5, 5.41) is 3.87. The fourth-order valence-electron chi connectivity index (χ4n) is 2.13. The Morgan fingerprint density at radius 2 is 1.68 bits per heavy atom. The first-order valence-electron chi connectivity index (χ1n) is 7.55. The predicted octanol–water partition coefficient (Wildman–Crippen LogP) is 4.09. The lowest BCUT2D eigenvalue weighted by atomic mass is 10.2. The van der Waals surface area contributed by atoms with Crippen molar-refractivity contribution in [3.8, 4) is 17.2 Å². The second-order valence-electron chi connectivity index (χ2n) is 5.23. The van der Waals surface area contributed by atoms with Gasteiger partial charge in [-0.3, -0.25) is 4.79 Å². The maximum Gasteiger partial charge on any atom is 0.261 e. The Hall–Kier alpha value is -2.11. The molecule has 0 saturated carbocycles. The van der Waals surface area contributed by atoms with Crippen molar-refractivity contribution in [1.82, 2.24) is 5.32 Å². The lowest BCUT2D eigenvalue weighted by Gasteiger charge is -2.16. The van der Waals surface area contributed by atoms with E-state index in [4.69, 9.17) is 37.4 Å². The van der Waals surface area contributed by atoms with E-state index >= 15 is 0 Å². The molecule has 0 heterocycles. The van der Waals surface area contributed by atoms with Gasteiger partial charge in [-0.1, -0.05) is 23.2 Å². The molecule has 0 radical (unpaired) electrons. The Bertz CT molecular complexity index is 735. The van der Waals surface area contributed by atoms with Gasteiger partial charge in [0.2, 0.25) is 0 Å². The van der Waals surface area contributed by atoms with Gasteiger partial charge in [0.15, 0.2) is 17.6 Å². The Balaban J connectivity index is 1.98. The highest BCUT2D eigenvalue weighted by Crippen LogP contribution is 2.33. The van der Waals surface area contributed by atoms with Crippen LogP contribution in [0, 0.1) is 0 Å². The van der Waals surface area contributed by atoms with Crippen LogP contribution >= 0.6 is 23.2 Å². The maximum atomic E-state index is 12.2. The molecule has 1 N–H and O–H groups in total. The minimum Gasteiger partial charge on any atom is -0.493 e. The van der Waals surface area contributed by atoms with Crippen LogP contribution in [0.25, 0.3) is 0 Å². The van der Waals surface area contributed by atoms with Gasteiger partial charge >= 0.3 is 0 Å². The van der Waals surface area contributed by atoms with Crippen molar-refractivity contribution in [2.75, 3.05) is 14.2 Å². The number of hydrogen-bond acceptors (Lipinski definition) is 4. The first kappa shape index (κ1) is 19.2. The fraction of sp³-hybridized carbons (Fsp3) is 0.278. The zero-order valence-corrected chi connectivity index (χ0v) is 15.6. The van der Waals surface area contributed by atoms with Crippen molar-refractivity contribution in [3.63, 3.8) is 0 Å². The van der Waals surface area contributed by atoms with E-state index in [2.05, 4.69) is 5.32 Å². The summed E-state index contributed by atoms with van der Waals surface area (Å²) in [4.78, 5) is 12.2. The molecular weight excluding hydrogens is 365 g/mol. The third-order valence-corrected chi connectivity index (χ3v) is 4.11. The standard InChI is InChI=1S/C18H19Cl2NO4/c1-11(25-14-6-4-13(19)5-7-14)18(22)21-10-12-8-16(23-2)17(24-3)9-15(12)20/h4-9,11H,10H2,1-3H3,(H,21,22). The Kier molecular flexibility index (Phi) is 6.79. The van der Waals surface area contributed by atoms with E-state index in [0.717, 1.165) is 0 Å². The van der Waals surface area contributed by atoms with Crippen molar-refractivity contribution in [1.29, 1.82) is 0 Å². The highest BCUT2D eigenvalue weighted by Gasteiger charge is 2.16. The number of benzene rings is 2. The number of carbonyl (C=O) groups is 1. The third-order valence-electron chi connectivity index (χ3n) is 3.50. The number of hydrogen-bond donors (Lipinski definition) is 1. The van der Waals surface area contributed by atoms with Crippen LogP contribution in [-0.4, -0.2) is 26.2 Å². The number of methoxy groups -OCH3 is 2. The number of ether oxygens (including phenoxy) is 3. The fourth-order valence-corrected chi connectivity index (χ4v) is 2.48. The summed E-state index contributed by atoms with van der Waals surface area (Å²) in [6, 6.07) is 10.2. The van der Waals surface area contributed by atoms with E-state index in [-0.39, 0.29) is 12.5 Å². The van der Waals surface area contributed by atoms with Gasteiger partial charge in [0.05, 0.1) is 14.2 Å². The van der Waals surface area contributed by atoms with Crippen LogP contribution < -0.4 is 19.5 Å². The number of rotatable bonds is 7. The second kappa shape index (κ2) is 8.83.